The second-order valence-electron chi connectivity index (χ2n) is 11.4. The molecule has 4 heteroatoms. The first-order valence-corrected chi connectivity index (χ1v) is 16.1. The van der Waals surface area contributed by atoms with Gasteiger partial charge in [-0.3, -0.25) is 0 Å². The van der Waals surface area contributed by atoms with E-state index in [1.807, 2.05) is 36.4 Å². The van der Waals surface area contributed by atoms with Crippen molar-refractivity contribution in [3.05, 3.63) is 194 Å². The number of nitrogens with one attached hydrogen (secondary N) is 4. The molecule has 0 aliphatic carbocycles. The van der Waals surface area contributed by atoms with Gasteiger partial charge in [0.1, 0.15) is 0 Å². The molecule has 0 radical (unpaired) electrons. The van der Waals surface area contributed by atoms with Gasteiger partial charge in [0.2, 0.25) is 0 Å². The van der Waals surface area contributed by atoms with E-state index in [0.29, 0.717) is 0 Å². The Bertz CT molecular complexity index is 2040. The molecule has 0 saturated heterocycles. The molecule has 0 spiro atoms. The topological polar surface area (TPSA) is 48.1 Å². The van der Waals surface area contributed by atoms with Crippen molar-refractivity contribution in [2.45, 2.75) is 0 Å². The number of hydrogen-bond donors (Lipinski definition) is 4. The highest BCUT2D eigenvalue weighted by atomic mass is 14.9. The summed E-state index contributed by atoms with van der Waals surface area (Å²) in [6, 6.07) is 66.5. The minimum absolute atomic E-state index is 1.07. The van der Waals surface area contributed by atoms with Gasteiger partial charge in [0.25, 0.3) is 0 Å². The largest absolute Gasteiger partial charge is 0.356 e. The highest BCUT2D eigenvalue weighted by Gasteiger charge is 2.03. The van der Waals surface area contributed by atoms with Crippen LogP contribution in [0.1, 0.15) is 0 Å². The Morgan fingerprint density at radius 3 is 0.896 bits per heavy atom. The smallest absolute Gasteiger partial charge is 0.0463 e. The van der Waals surface area contributed by atoms with Gasteiger partial charge in [-0.2, -0.15) is 0 Å². The molecule has 4 N–H and O–H groups in total. The van der Waals surface area contributed by atoms with Crippen LogP contribution in [-0.2, 0) is 0 Å². The number of para-hydroxylation sites is 2. The highest BCUT2D eigenvalue weighted by molar-refractivity contribution is 5.96. The minimum atomic E-state index is 1.07. The maximum Gasteiger partial charge on any atom is 0.0463 e. The van der Waals surface area contributed by atoms with Gasteiger partial charge in [0.05, 0.1) is 0 Å². The van der Waals surface area contributed by atoms with Crippen molar-refractivity contribution in [2.24, 2.45) is 0 Å². The fourth-order valence-electron chi connectivity index (χ4n) is 5.63. The molecule has 0 saturated carbocycles. The average molecular weight is 621 g/mol. The van der Waals surface area contributed by atoms with E-state index in [2.05, 4.69) is 179 Å². The second kappa shape index (κ2) is 14.7. The SMILES string of the molecule is c1ccc(Nc2ccc(Nc3ccccc3)cc2)cc1.c1ccc2c(Nc3ccc(Nc4cccc5ccccc45)cc3)cccc2c1. The normalized spacial score (nSPS) is 10.5. The summed E-state index contributed by atoms with van der Waals surface area (Å²) in [5.41, 5.74) is 8.72. The molecule has 0 fully saturated rings. The van der Waals surface area contributed by atoms with Crippen LogP contribution in [0.25, 0.3) is 21.5 Å². The Labute approximate surface area is 281 Å². The summed E-state index contributed by atoms with van der Waals surface area (Å²) < 4.78 is 0. The number of hydrogen-bond acceptors (Lipinski definition) is 4. The summed E-state index contributed by atoms with van der Waals surface area (Å²) in [7, 11) is 0. The first-order chi connectivity index (χ1) is 23.8. The maximum atomic E-state index is 3.54. The maximum absolute atomic E-state index is 3.54. The highest BCUT2D eigenvalue weighted by Crippen LogP contribution is 2.29. The molecule has 0 unspecified atom stereocenters. The van der Waals surface area contributed by atoms with Crippen LogP contribution in [0, 0.1) is 0 Å². The van der Waals surface area contributed by atoms with E-state index in [-0.39, 0.29) is 0 Å². The molecule has 8 aromatic rings. The van der Waals surface area contributed by atoms with Crippen molar-refractivity contribution in [3.63, 3.8) is 0 Å². The van der Waals surface area contributed by atoms with Gasteiger partial charge in [0, 0.05) is 56.3 Å². The van der Waals surface area contributed by atoms with E-state index in [4.69, 9.17) is 0 Å². The van der Waals surface area contributed by atoms with Crippen molar-refractivity contribution in [1.82, 2.24) is 0 Å². The zero-order valence-electron chi connectivity index (χ0n) is 26.5. The molecule has 232 valence electrons. The van der Waals surface area contributed by atoms with Crippen molar-refractivity contribution >= 4 is 67.0 Å². The average Bonchev–Trinajstić information content (AvgIpc) is 3.15. The predicted octanol–water partition coefficient (Wildman–Crippen LogP) is 12.7. The molecule has 8 rings (SSSR count). The van der Waals surface area contributed by atoms with Crippen LogP contribution >= 0.6 is 0 Å². The molecule has 0 heterocycles. The van der Waals surface area contributed by atoms with Gasteiger partial charge in [-0.15, -0.1) is 0 Å². The molecule has 48 heavy (non-hydrogen) atoms. The summed E-state index contributed by atoms with van der Waals surface area (Å²) >= 11 is 0. The molecule has 0 bridgehead atoms. The van der Waals surface area contributed by atoms with Crippen molar-refractivity contribution < 1.29 is 0 Å². The Hall–Kier alpha value is -6.52. The minimum Gasteiger partial charge on any atom is -0.356 e. The fraction of sp³-hybridized carbons (Fsp3) is 0. The molecule has 8 aromatic carbocycles. The van der Waals surface area contributed by atoms with E-state index < -0.39 is 0 Å². The van der Waals surface area contributed by atoms with Gasteiger partial charge in [-0.25, -0.2) is 0 Å². The number of benzene rings is 8. The van der Waals surface area contributed by atoms with E-state index in [9.17, 15) is 0 Å². The number of rotatable bonds is 8. The number of fused-ring (bicyclic) bond motifs is 2. The van der Waals surface area contributed by atoms with Gasteiger partial charge in [0.15, 0.2) is 0 Å². The first kappa shape index (κ1) is 30.2. The molecule has 0 atom stereocenters. The van der Waals surface area contributed by atoms with Crippen molar-refractivity contribution in [2.75, 3.05) is 21.3 Å². The molecule has 0 amide bonds. The van der Waals surface area contributed by atoms with E-state index in [1.54, 1.807) is 0 Å². The Morgan fingerprint density at radius 2 is 0.500 bits per heavy atom. The molecule has 0 aromatic heterocycles. The Balaban J connectivity index is 0.000000161. The fourth-order valence-corrected chi connectivity index (χ4v) is 5.63. The standard InChI is InChI=1S/C26H20N2.C18H16N2/c1-3-11-23-19(7-1)9-5-13-25(23)27-21-15-17-22(18-16-21)28-26-14-6-10-20-8-2-4-12-24(20)26;1-3-7-15(8-4-1)19-17-11-13-18(14-12-17)20-16-9-5-2-6-10-16/h1-18,27-28H;1-14,19-20H. The van der Waals surface area contributed by atoms with Crippen LogP contribution in [0.15, 0.2) is 194 Å². The van der Waals surface area contributed by atoms with Crippen molar-refractivity contribution in [3.8, 4) is 0 Å². The monoisotopic (exact) mass is 620 g/mol. The van der Waals surface area contributed by atoms with Crippen LogP contribution in [0.4, 0.5) is 45.5 Å². The zero-order valence-corrected chi connectivity index (χ0v) is 26.5. The second-order valence-corrected chi connectivity index (χ2v) is 11.4. The summed E-state index contributed by atoms with van der Waals surface area (Å²) in [6.07, 6.45) is 0. The lowest BCUT2D eigenvalue weighted by Crippen LogP contribution is -1.94. The summed E-state index contributed by atoms with van der Waals surface area (Å²) in [5.74, 6) is 0. The van der Waals surface area contributed by atoms with Gasteiger partial charge in [-0.1, -0.05) is 109 Å². The molecular formula is C44H36N4. The lowest BCUT2D eigenvalue weighted by molar-refractivity contribution is 1.52. The quantitative estimate of drug-likeness (QED) is 0.136. The van der Waals surface area contributed by atoms with Gasteiger partial charge >= 0.3 is 0 Å². The molecular weight excluding hydrogens is 585 g/mol. The molecule has 0 aliphatic heterocycles. The Morgan fingerprint density at radius 1 is 0.208 bits per heavy atom. The lowest BCUT2D eigenvalue weighted by Gasteiger charge is -2.12. The van der Waals surface area contributed by atoms with Gasteiger partial charge < -0.3 is 21.3 Å². The summed E-state index contributed by atoms with van der Waals surface area (Å²) in [4.78, 5) is 0. The molecule has 4 nitrogen and oxygen atoms in total. The van der Waals surface area contributed by atoms with Gasteiger partial charge in [-0.05, 0) is 95.7 Å². The molecule has 0 aliphatic rings. The van der Waals surface area contributed by atoms with Crippen molar-refractivity contribution in [1.29, 1.82) is 0 Å². The van der Waals surface area contributed by atoms with Crippen LogP contribution < -0.4 is 21.3 Å². The summed E-state index contributed by atoms with van der Waals surface area (Å²) in [6.45, 7) is 0. The van der Waals surface area contributed by atoms with Crippen LogP contribution in [0.5, 0.6) is 0 Å². The van der Waals surface area contributed by atoms with E-state index in [1.165, 1.54) is 21.5 Å². The van der Waals surface area contributed by atoms with E-state index in [0.717, 1.165) is 45.5 Å². The third-order valence-corrected chi connectivity index (χ3v) is 8.03. The third-order valence-electron chi connectivity index (χ3n) is 8.03. The first-order valence-electron chi connectivity index (χ1n) is 16.1. The summed E-state index contributed by atoms with van der Waals surface area (Å²) in [5, 5.41) is 18.7. The van der Waals surface area contributed by atoms with E-state index >= 15 is 0 Å². The third kappa shape index (κ3) is 7.64. The lowest BCUT2D eigenvalue weighted by atomic mass is 10.1. The van der Waals surface area contributed by atoms with Crippen LogP contribution in [-0.4, -0.2) is 0 Å². The number of anilines is 8. The van der Waals surface area contributed by atoms with Crippen LogP contribution in [0.2, 0.25) is 0 Å². The Kier molecular flexibility index (Phi) is 9.24. The van der Waals surface area contributed by atoms with Crippen LogP contribution in [0.3, 0.4) is 0 Å². The zero-order chi connectivity index (χ0) is 32.4. The predicted molar refractivity (Wildman–Crippen MR) is 207 cm³/mol.